The maximum atomic E-state index is 12.3. The Morgan fingerprint density at radius 3 is 2.75 bits per heavy atom. The van der Waals surface area contributed by atoms with E-state index in [1.54, 1.807) is 6.07 Å². The number of aliphatic carboxylic acids is 1. The van der Waals surface area contributed by atoms with Crippen LogP contribution < -0.4 is 11.2 Å². The van der Waals surface area contributed by atoms with Crippen LogP contribution in [0.15, 0.2) is 15.7 Å². The average molecular weight is 296 g/mol. The molecular formula is C13H16N2O4S. The van der Waals surface area contributed by atoms with Crippen molar-refractivity contribution in [3.63, 3.8) is 0 Å². The highest BCUT2D eigenvalue weighted by atomic mass is 32.1. The average Bonchev–Trinajstić information content (AvgIpc) is 2.77. The number of hydrogen-bond acceptors (Lipinski definition) is 4. The quantitative estimate of drug-likeness (QED) is 0.879. The Balaban J connectivity index is 2.43. The second kappa shape index (κ2) is 5.62. The lowest BCUT2D eigenvalue weighted by atomic mass is 10.2. The summed E-state index contributed by atoms with van der Waals surface area (Å²) < 4.78 is 1.07. The lowest BCUT2D eigenvalue weighted by molar-refractivity contribution is -0.137. The van der Waals surface area contributed by atoms with Crippen LogP contribution in [0.3, 0.4) is 0 Å². The zero-order chi connectivity index (χ0) is 14.9. The summed E-state index contributed by atoms with van der Waals surface area (Å²) in [4.78, 5) is 38.9. The highest BCUT2D eigenvalue weighted by Gasteiger charge is 2.13. The van der Waals surface area contributed by atoms with Gasteiger partial charge in [0.1, 0.15) is 4.83 Å². The number of carboxylic acid groups (broad SMARTS) is 1. The summed E-state index contributed by atoms with van der Waals surface area (Å²) in [6, 6.07) is 1.80. The summed E-state index contributed by atoms with van der Waals surface area (Å²) in [5, 5.41) is 9.09. The van der Waals surface area contributed by atoms with Gasteiger partial charge < -0.3 is 5.11 Å². The number of fused-ring (bicyclic) bond motifs is 1. The van der Waals surface area contributed by atoms with Gasteiger partial charge in [-0.2, -0.15) is 0 Å². The van der Waals surface area contributed by atoms with Gasteiger partial charge in [-0.3, -0.25) is 19.1 Å². The fraction of sp³-hybridized carbons (Fsp3) is 0.462. The number of aromatic amines is 1. The van der Waals surface area contributed by atoms with Crippen LogP contribution in [-0.2, 0) is 11.3 Å². The molecule has 0 saturated carbocycles. The monoisotopic (exact) mass is 296 g/mol. The number of hydrogen-bond donors (Lipinski definition) is 2. The van der Waals surface area contributed by atoms with Gasteiger partial charge in [-0.05, 0) is 18.4 Å². The molecule has 0 amide bonds. The minimum atomic E-state index is -0.937. The van der Waals surface area contributed by atoms with E-state index in [2.05, 4.69) is 4.98 Å². The van der Waals surface area contributed by atoms with Gasteiger partial charge in [0.15, 0.2) is 0 Å². The first-order chi connectivity index (χ1) is 9.40. The molecule has 7 heteroatoms. The fourth-order valence-corrected chi connectivity index (χ4v) is 2.98. The van der Waals surface area contributed by atoms with E-state index in [4.69, 9.17) is 5.11 Å². The molecule has 2 aromatic rings. The maximum Gasteiger partial charge on any atom is 0.329 e. The topological polar surface area (TPSA) is 92.2 Å². The van der Waals surface area contributed by atoms with E-state index in [1.807, 2.05) is 13.8 Å². The van der Waals surface area contributed by atoms with Crippen molar-refractivity contribution in [2.75, 3.05) is 0 Å². The van der Waals surface area contributed by atoms with E-state index in [0.717, 1.165) is 9.44 Å². The summed E-state index contributed by atoms with van der Waals surface area (Å²) in [6.07, 6.45) is 0.190. The van der Waals surface area contributed by atoms with E-state index in [-0.39, 0.29) is 30.9 Å². The van der Waals surface area contributed by atoms with E-state index < -0.39 is 11.7 Å². The predicted molar refractivity (Wildman–Crippen MR) is 77.7 cm³/mol. The molecule has 0 aliphatic rings. The third-order valence-corrected chi connectivity index (χ3v) is 4.38. The smallest absolute Gasteiger partial charge is 0.329 e. The molecule has 0 atom stereocenters. The number of aromatic nitrogens is 2. The van der Waals surface area contributed by atoms with E-state index in [1.165, 1.54) is 11.3 Å². The third kappa shape index (κ3) is 2.82. The number of rotatable bonds is 5. The Bertz CT molecular complexity index is 754. The van der Waals surface area contributed by atoms with Crippen molar-refractivity contribution in [3.05, 3.63) is 31.8 Å². The van der Waals surface area contributed by atoms with Crippen molar-refractivity contribution in [3.8, 4) is 0 Å². The Morgan fingerprint density at radius 2 is 2.15 bits per heavy atom. The zero-order valence-corrected chi connectivity index (χ0v) is 12.1. The molecule has 6 nitrogen and oxygen atoms in total. The van der Waals surface area contributed by atoms with Gasteiger partial charge >= 0.3 is 11.7 Å². The van der Waals surface area contributed by atoms with Crippen molar-refractivity contribution in [2.24, 2.45) is 0 Å². The molecule has 0 saturated heterocycles. The SMILES string of the molecule is CC(C)c1cc2c(=O)n(CCCC(=O)O)c(=O)[nH]c2s1. The summed E-state index contributed by atoms with van der Waals surface area (Å²) in [7, 11) is 0. The molecule has 0 aromatic carbocycles. The molecule has 0 unspecified atom stereocenters. The molecule has 0 aliphatic carbocycles. The first-order valence-electron chi connectivity index (χ1n) is 6.38. The lowest BCUT2D eigenvalue weighted by Crippen LogP contribution is -2.34. The van der Waals surface area contributed by atoms with Gasteiger partial charge in [0.2, 0.25) is 0 Å². The first kappa shape index (κ1) is 14.5. The van der Waals surface area contributed by atoms with Gasteiger partial charge in [0.25, 0.3) is 5.56 Å². The molecule has 0 aliphatic heterocycles. The van der Waals surface area contributed by atoms with E-state index in [9.17, 15) is 14.4 Å². The second-order valence-electron chi connectivity index (χ2n) is 4.93. The van der Waals surface area contributed by atoms with Crippen LogP contribution in [-0.4, -0.2) is 20.6 Å². The van der Waals surface area contributed by atoms with Crippen molar-refractivity contribution in [1.82, 2.24) is 9.55 Å². The zero-order valence-electron chi connectivity index (χ0n) is 11.3. The minimum absolute atomic E-state index is 0.0647. The standard InChI is InChI=1S/C13H16N2O4S/c1-7(2)9-6-8-11(20-9)14-13(19)15(12(8)18)5-3-4-10(16)17/h6-7H,3-5H2,1-2H3,(H,14,19)(H,16,17). The van der Waals surface area contributed by atoms with E-state index >= 15 is 0 Å². The number of carboxylic acids is 1. The van der Waals surface area contributed by atoms with Crippen molar-refractivity contribution in [1.29, 1.82) is 0 Å². The number of nitrogens with zero attached hydrogens (tertiary/aromatic N) is 1. The van der Waals surface area contributed by atoms with Crippen LogP contribution in [0.25, 0.3) is 10.2 Å². The Morgan fingerprint density at radius 1 is 1.45 bits per heavy atom. The van der Waals surface area contributed by atoms with Gasteiger partial charge in [-0.25, -0.2) is 4.79 Å². The fourth-order valence-electron chi connectivity index (χ4n) is 1.94. The number of thiophene rings is 1. The molecule has 0 spiro atoms. The van der Waals surface area contributed by atoms with Crippen LogP contribution in [0.5, 0.6) is 0 Å². The summed E-state index contributed by atoms with van der Waals surface area (Å²) in [6.45, 7) is 4.16. The highest BCUT2D eigenvalue weighted by molar-refractivity contribution is 7.18. The molecule has 0 radical (unpaired) electrons. The summed E-state index contributed by atoms with van der Waals surface area (Å²) in [5.41, 5.74) is -0.831. The van der Waals surface area contributed by atoms with Crippen molar-refractivity contribution in [2.45, 2.75) is 39.2 Å². The highest BCUT2D eigenvalue weighted by Crippen LogP contribution is 2.26. The molecule has 2 N–H and O–H groups in total. The number of nitrogens with one attached hydrogen (secondary N) is 1. The molecule has 2 aromatic heterocycles. The Hall–Kier alpha value is -1.89. The number of carbonyl (C=O) groups is 1. The van der Waals surface area contributed by atoms with E-state index in [0.29, 0.717) is 10.2 Å². The van der Waals surface area contributed by atoms with Crippen molar-refractivity contribution < 1.29 is 9.90 Å². The summed E-state index contributed by atoms with van der Waals surface area (Å²) >= 11 is 1.41. The normalized spacial score (nSPS) is 11.3. The molecule has 0 fully saturated rings. The predicted octanol–water partition coefficient (Wildman–Crippen LogP) is 1.74. The van der Waals surface area contributed by atoms with Gasteiger partial charge in [-0.15, -0.1) is 11.3 Å². The Kier molecular flexibility index (Phi) is 4.08. The molecule has 2 rings (SSSR count). The van der Waals surface area contributed by atoms with Gasteiger partial charge in [0, 0.05) is 17.8 Å². The van der Waals surface area contributed by atoms with Gasteiger partial charge in [-0.1, -0.05) is 13.8 Å². The molecule has 20 heavy (non-hydrogen) atoms. The van der Waals surface area contributed by atoms with Crippen LogP contribution in [0, 0.1) is 0 Å². The third-order valence-electron chi connectivity index (χ3n) is 3.03. The Labute approximate surface area is 118 Å². The summed E-state index contributed by atoms with van der Waals surface area (Å²) in [5.74, 6) is -0.649. The lowest BCUT2D eigenvalue weighted by Gasteiger charge is -2.02. The van der Waals surface area contributed by atoms with Gasteiger partial charge in [0.05, 0.1) is 5.39 Å². The van der Waals surface area contributed by atoms with Crippen LogP contribution in [0.4, 0.5) is 0 Å². The van der Waals surface area contributed by atoms with Crippen LogP contribution in [0.1, 0.15) is 37.5 Å². The molecular weight excluding hydrogens is 280 g/mol. The molecule has 108 valence electrons. The van der Waals surface area contributed by atoms with Crippen LogP contribution in [0.2, 0.25) is 0 Å². The van der Waals surface area contributed by atoms with Crippen LogP contribution >= 0.6 is 11.3 Å². The minimum Gasteiger partial charge on any atom is -0.481 e. The molecule has 2 heterocycles. The maximum absolute atomic E-state index is 12.3. The first-order valence-corrected chi connectivity index (χ1v) is 7.20. The second-order valence-corrected chi connectivity index (χ2v) is 6.01. The number of H-pyrrole nitrogens is 1. The van der Waals surface area contributed by atoms with Crippen molar-refractivity contribution >= 4 is 27.5 Å². The largest absolute Gasteiger partial charge is 0.481 e. The molecule has 0 bridgehead atoms.